The van der Waals surface area contributed by atoms with Crippen molar-refractivity contribution in [2.24, 2.45) is 11.3 Å². The molecule has 108 valence electrons. The molecule has 1 saturated heterocycles. The molecule has 2 atom stereocenters. The summed E-state index contributed by atoms with van der Waals surface area (Å²) in [4.78, 5) is 40.7. The summed E-state index contributed by atoms with van der Waals surface area (Å²) < 4.78 is 2.27. The Hall–Kier alpha value is 0.01000. The molecule has 1 aliphatic heterocycles. The summed E-state index contributed by atoms with van der Waals surface area (Å²) in [5, 5.41) is 0.529. The minimum absolute atomic E-state index is 0.512. The second kappa shape index (κ2) is 5.33. The van der Waals surface area contributed by atoms with Crippen molar-refractivity contribution in [1.82, 2.24) is 5.06 Å². The summed E-state index contributed by atoms with van der Waals surface area (Å²) in [7, 11) is 0. The van der Waals surface area contributed by atoms with Gasteiger partial charge in [0.1, 0.15) is 0 Å². The molecule has 0 aromatic rings. The Kier molecular flexibility index (Phi) is 4.37. The van der Waals surface area contributed by atoms with Crippen LogP contribution in [0.3, 0.4) is 0 Å². The average molecular weight is 537 g/mol. The van der Waals surface area contributed by atoms with Gasteiger partial charge in [0.15, 0.2) is 0 Å². The monoisotopic (exact) mass is 533 g/mol. The van der Waals surface area contributed by atoms with Gasteiger partial charge in [-0.3, -0.25) is 9.59 Å². The second-order valence-corrected chi connectivity index (χ2v) is 7.68. The van der Waals surface area contributed by atoms with Gasteiger partial charge in [0.25, 0.3) is 11.8 Å². The first-order valence-corrected chi connectivity index (χ1v) is 8.49. The molecule has 2 aliphatic rings. The van der Waals surface area contributed by atoms with E-state index in [1.54, 1.807) is 6.92 Å². The van der Waals surface area contributed by atoms with Crippen LogP contribution < -0.4 is 0 Å². The van der Waals surface area contributed by atoms with Gasteiger partial charge in [0.2, 0.25) is 0 Å². The number of carbonyl (C=O) groups excluding carboxylic acids is 3. The lowest BCUT2D eigenvalue weighted by atomic mass is 9.76. The molecule has 9 heteroatoms. The molecule has 0 bridgehead atoms. The Morgan fingerprint density at radius 2 is 1.75 bits per heavy atom. The van der Waals surface area contributed by atoms with Crippen molar-refractivity contribution in [2.75, 3.05) is 0 Å². The lowest BCUT2D eigenvalue weighted by Crippen LogP contribution is -2.37. The van der Waals surface area contributed by atoms with Gasteiger partial charge in [-0.25, -0.2) is 4.79 Å². The van der Waals surface area contributed by atoms with E-state index in [-0.39, 0.29) is 0 Å². The predicted octanol–water partition coefficient (Wildman–Crippen LogP) is 3.47. The van der Waals surface area contributed by atoms with Crippen LogP contribution in [0.1, 0.15) is 13.8 Å². The molecule has 0 spiro atoms. The van der Waals surface area contributed by atoms with Gasteiger partial charge < -0.3 is 4.84 Å². The van der Waals surface area contributed by atoms with Crippen LogP contribution in [0, 0.1) is 11.3 Å². The number of hydrogen-bond acceptors (Lipinski definition) is 4. The maximum atomic E-state index is 12.5. The van der Waals surface area contributed by atoms with Crippen LogP contribution in [0.15, 0.2) is 17.9 Å². The number of rotatable bonds is 1. The molecule has 2 rings (SSSR count). The number of allylic oxidation sites excluding steroid dienone is 2. The summed E-state index contributed by atoms with van der Waals surface area (Å²) in [6.07, 6.45) is 0. The van der Waals surface area contributed by atoms with E-state index in [1.807, 2.05) is 0 Å². The highest BCUT2D eigenvalue weighted by Gasteiger charge is 2.63. The Bertz CT molecular complexity index is 612. The van der Waals surface area contributed by atoms with Crippen molar-refractivity contribution in [3.05, 3.63) is 17.9 Å². The molecule has 20 heavy (non-hydrogen) atoms. The van der Waals surface area contributed by atoms with Gasteiger partial charge in [0.05, 0.1) is 11.3 Å². The fourth-order valence-corrected chi connectivity index (χ4v) is 5.19. The number of hydroxylamine groups is 2. The molecule has 0 aromatic heterocycles. The van der Waals surface area contributed by atoms with Crippen molar-refractivity contribution in [1.29, 1.82) is 0 Å². The first-order valence-electron chi connectivity index (χ1n) is 5.32. The second-order valence-electron chi connectivity index (χ2n) is 4.45. The maximum Gasteiger partial charge on any atom is 0.330 e. The molecular weight excluding hydrogens is 530 g/mol. The van der Waals surface area contributed by atoms with Crippen molar-refractivity contribution in [2.45, 2.75) is 13.8 Å². The van der Waals surface area contributed by atoms with Gasteiger partial charge >= 0.3 is 5.97 Å². The van der Waals surface area contributed by atoms with Crippen molar-refractivity contribution < 1.29 is 19.2 Å². The summed E-state index contributed by atoms with van der Waals surface area (Å²) in [5.74, 6) is -2.70. The van der Waals surface area contributed by atoms with E-state index in [4.69, 9.17) is 4.84 Å². The highest BCUT2D eigenvalue weighted by Crippen LogP contribution is 2.58. The van der Waals surface area contributed by atoms with E-state index in [0.717, 1.165) is 6.92 Å². The zero-order valence-electron chi connectivity index (χ0n) is 10.2. The Morgan fingerprint density at radius 1 is 1.20 bits per heavy atom. The maximum absolute atomic E-state index is 12.5. The van der Waals surface area contributed by atoms with Gasteiger partial charge in [-0.1, -0.05) is 31.9 Å². The largest absolute Gasteiger partial charge is 0.331 e. The zero-order chi connectivity index (χ0) is 15.4. The van der Waals surface area contributed by atoms with E-state index < -0.39 is 29.1 Å². The molecule has 1 aliphatic carbocycles. The molecule has 0 saturated carbocycles. The van der Waals surface area contributed by atoms with Crippen molar-refractivity contribution in [3.63, 3.8) is 0 Å². The third-order valence-corrected chi connectivity index (χ3v) is 8.46. The van der Waals surface area contributed by atoms with Gasteiger partial charge in [-0.05, 0) is 38.8 Å². The van der Waals surface area contributed by atoms with Crippen LogP contribution in [0.5, 0.6) is 0 Å². The predicted molar refractivity (Wildman–Crippen MR) is 85.0 cm³/mol. The zero-order valence-corrected chi connectivity index (χ0v) is 16.5. The summed E-state index contributed by atoms with van der Waals surface area (Å²) >= 11 is 13.4. The van der Waals surface area contributed by atoms with Crippen LogP contribution in [0.25, 0.3) is 0 Å². The normalized spacial score (nSPS) is 30.1. The molecule has 2 unspecified atom stereocenters. The van der Waals surface area contributed by atoms with E-state index in [0.29, 0.717) is 23.0 Å². The number of hydrogen-bond donors (Lipinski definition) is 0. The molecular formula is C11H7Br4NO4. The summed E-state index contributed by atoms with van der Waals surface area (Å²) in [5.41, 5.74) is -1.17. The smallest absolute Gasteiger partial charge is 0.330 e. The fourth-order valence-electron chi connectivity index (χ4n) is 2.15. The number of imide groups is 1. The molecule has 5 nitrogen and oxygen atoms in total. The fraction of sp³-hybridized carbons (Fsp3) is 0.364. The SMILES string of the molecule is CC(=O)ON1C(=O)C2C(Br)=C(Br)C(Br)=C(Br)C2(C)C1=O. The van der Waals surface area contributed by atoms with Gasteiger partial charge in [-0.2, -0.15) is 0 Å². The average Bonchev–Trinajstić information content (AvgIpc) is 2.56. The third-order valence-electron chi connectivity index (χ3n) is 3.18. The lowest BCUT2D eigenvalue weighted by Gasteiger charge is -2.31. The number of halogens is 4. The minimum Gasteiger partial charge on any atom is -0.331 e. The van der Waals surface area contributed by atoms with Gasteiger partial charge in [0, 0.05) is 24.9 Å². The van der Waals surface area contributed by atoms with Crippen molar-refractivity contribution >= 4 is 81.5 Å². The number of fused-ring (bicyclic) bond motifs is 1. The highest BCUT2D eigenvalue weighted by molar-refractivity contribution is 9.17. The van der Waals surface area contributed by atoms with Crippen LogP contribution in [-0.4, -0.2) is 22.8 Å². The van der Waals surface area contributed by atoms with E-state index >= 15 is 0 Å². The summed E-state index contributed by atoms with van der Waals surface area (Å²) in [6.45, 7) is 2.75. The topological polar surface area (TPSA) is 63.7 Å². The standard InChI is InChI=1S/C11H7Br4NO4/c1-3(17)20-16-9(18)4-5(12)6(13)7(14)8(15)11(4,2)10(16)19/h4H,1-2H3. The highest BCUT2D eigenvalue weighted by atomic mass is 79.9. The molecule has 1 heterocycles. The van der Waals surface area contributed by atoms with Crippen LogP contribution >= 0.6 is 63.7 Å². The Balaban J connectivity index is 2.63. The molecule has 0 radical (unpaired) electrons. The molecule has 0 N–H and O–H groups in total. The molecule has 1 fully saturated rings. The lowest BCUT2D eigenvalue weighted by molar-refractivity contribution is -0.197. The third kappa shape index (κ3) is 2.08. The number of carbonyl (C=O) groups is 3. The van der Waals surface area contributed by atoms with E-state index in [1.165, 1.54) is 0 Å². The Morgan fingerprint density at radius 3 is 2.25 bits per heavy atom. The Labute approximate surface area is 148 Å². The number of nitrogens with zero attached hydrogens (tertiary/aromatic N) is 1. The molecule has 0 aromatic carbocycles. The van der Waals surface area contributed by atoms with Crippen LogP contribution in [0.4, 0.5) is 0 Å². The quantitative estimate of drug-likeness (QED) is 0.482. The minimum atomic E-state index is -1.17. The van der Waals surface area contributed by atoms with Gasteiger partial charge in [-0.15, -0.1) is 5.06 Å². The van der Waals surface area contributed by atoms with Crippen LogP contribution in [0.2, 0.25) is 0 Å². The van der Waals surface area contributed by atoms with E-state index in [9.17, 15) is 14.4 Å². The number of amides is 2. The molecule has 2 amide bonds. The first kappa shape index (κ1) is 16.4. The van der Waals surface area contributed by atoms with Crippen molar-refractivity contribution in [3.8, 4) is 0 Å². The summed E-state index contributed by atoms with van der Waals surface area (Å²) in [6, 6.07) is 0. The first-order chi connectivity index (χ1) is 9.13. The van der Waals surface area contributed by atoms with E-state index in [2.05, 4.69) is 63.7 Å². The van der Waals surface area contributed by atoms with Crippen LogP contribution in [-0.2, 0) is 19.2 Å².